The summed E-state index contributed by atoms with van der Waals surface area (Å²) in [5.41, 5.74) is 24.0. The minimum absolute atomic E-state index is 0.000198. The van der Waals surface area contributed by atoms with Crippen LogP contribution < -0.4 is 119 Å². The highest BCUT2D eigenvalue weighted by Gasteiger charge is 2.43. The predicted octanol–water partition coefficient (Wildman–Crippen LogP) is -8.53. The van der Waals surface area contributed by atoms with Crippen LogP contribution in [0.5, 0.6) is 0 Å². The van der Waals surface area contributed by atoms with E-state index in [-0.39, 0.29) is 94.9 Å². The zero-order chi connectivity index (χ0) is 106. The lowest BCUT2D eigenvalue weighted by molar-refractivity contribution is -0.145. The maximum atomic E-state index is 14.6. The van der Waals surface area contributed by atoms with Gasteiger partial charge in [0.15, 0.2) is 5.96 Å². The number of carbonyl (C=O) groups excluding carboxylic acids is 20. The minimum Gasteiger partial charge on any atom is -0.480 e. The summed E-state index contributed by atoms with van der Waals surface area (Å²) < 4.78 is 0. The van der Waals surface area contributed by atoms with Crippen LogP contribution in [0.15, 0.2) is 73.3 Å². The maximum absolute atomic E-state index is 14.6. The summed E-state index contributed by atoms with van der Waals surface area (Å²) in [4.78, 5) is 297. The van der Waals surface area contributed by atoms with Crippen LogP contribution in [-0.2, 0) is 120 Å². The van der Waals surface area contributed by atoms with Gasteiger partial charge in [-0.15, -0.1) is 0 Å². The molecule has 0 spiro atoms. The molecule has 20 amide bonds. The van der Waals surface area contributed by atoms with Gasteiger partial charge in [0.2, 0.25) is 118 Å². The standard InChI is InChI=1S/C90H137N27O24S/c1-44(2)28-56(106-80(131)57(31-50-34-98-54-21-15-14-20-52(50)54)105-69(123)37-100-77(128)62(40-118)111-83(134)63(41-119)112-87(138)74(48(9)10)116-79(130)55(22-16-26-97-90(94)95)104-68(122)36-101-78(129)64(42-142)113-75(126)53(91)24-25-66(92)120)76(127)99-38-70(124)114-72(46(5)6)85(136)102-39-71(125)115-73(47(7)8)86(137)108-58(32-51-35-96-43-103-51)81(132)107-59(33-67(93)121)82(133)109-60(29-45(3)4)88(139)117-27-17-23-65(117)84(135)110-61(89(140)141)30-49-18-12-11-13-19-49/h11-15,18-21,34-35,43-48,53,55-65,72-74,98,118-119,142H,16-17,22-33,36-42,91H2,1-10H3,(H2,92,120)(H2,93,121)(H,96,103)(H,99,127)(H,100,128)(H,101,129)(H,102,136)(H,104,122)(H,105,123)(H,106,131)(H,107,132)(H,108,137)(H,109,133)(H,110,135)(H,111,134)(H,112,138)(H,113,126)(H,114,124)(H,115,125)(H,116,130)(H,140,141)(H4,94,95,97)/t53-,55-,56-,57-,58-,59-,60-,61-,62-,63-,64-,65-,72-,73-,74-/m0/s1. The Labute approximate surface area is 824 Å². The quantitative estimate of drug-likeness (QED) is 0.00845. The van der Waals surface area contributed by atoms with E-state index in [0.29, 0.717) is 34.1 Å². The topological polar surface area (TPSA) is 811 Å². The highest BCUT2D eigenvalue weighted by Crippen LogP contribution is 2.24. The molecule has 5 rings (SSSR count). The van der Waals surface area contributed by atoms with Crippen molar-refractivity contribution in [3.8, 4) is 0 Å². The summed E-state index contributed by atoms with van der Waals surface area (Å²) in [6.45, 7) is 10.8. The number of rotatable bonds is 61. The highest BCUT2D eigenvalue weighted by molar-refractivity contribution is 7.80. The van der Waals surface area contributed by atoms with Crippen molar-refractivity contribution in [3.05, 3.63) is 90.1 Å². The molecule has 51 nitrogen and oxygen atoms in total. The van der Waals surface area contributed by atoms with E-state index in [4.69, 9.17) is 28.3 Å². The number of aromatic nitrogens is 3. The number of primary amides is 2. The summed E-state index contributed by atoms with van der Waals surface area (Å²) >= 11 is 4.08. The molecule has 0 unspecified atom stereocenters. The number of thiol groups is 1. The molecule has 1 saturated heterocycles. The minimum atomic E-state index is -1.88. The number of guanidine groups is 1. The molecule has 3 heterocycles. The second-order valence-electron chi connectivity index (χ2n) is 36.0. The summed E-state index contributed by atoms with van der Waals surface area (Å²) in [7, 11) is 0. The molecule has 4 aromatic rings. The zero-order valence-corrected chi connectivity index (χ0v) is 81.8. The first-order valence-corrected chi connectivity index (χ1v) is 47.0. The molecule has 0 radical (unpaired) electrons. The number of benzene rings is 2. The molecule has 52 heteroatoms. The van der Waals surface area contributed by atoms with E-state index in [9.17, 15) is 116 Å². The number of aliphatic carboxylic acids is 1. The second kappa shape index (κ2) is 59.2. The first-order valence-electron chi connectivity index (χ1n) is 46.4. The van der Waals surface area contributed by atoms with E-state index in [2.05, 4.69) is 123 Å². The SMILES string of the molecule is CC(C)C[C@H](NC(=O)[C@H](Cc1c[nH]c2ccccc12)NC(=O)CNC(=O)[C@H](CO)NC(=O)[C@H](CO)NC(=O)[C@@H](NC(=O)[C@H](CCCNC(=N)N)NC(=O)CNC(=O)[C@H](CS)NC(=O)[C@@H](N)CCC(N)=O)C(C)C)C(=O)NCC(=O)N[C@H](C(=O)NCC(=O)N[C@H](C(=O)N[C@@H](Cc1cnc[nH]1)C(=O)N[C@@H](CC(N)=O)C(=O)N[C@@H](CC(C)C)C(=O)N1CCC[C@H]1C(=O)N[C@@H](Cc1ccccc1)C(=O)O)C(C)C)C(C)C. The van der Waals surface area contributed by atoms with Crippen LogP contribution in [0, 0.1) is 35.0 Å². The summed E-state index contributed by atoms with van der Waals surface area (Å²) in [6.07, 6.45) is 2.83. The van der Waals surface area contributed by atoms with Crippen LogP contribution in [0.4, 0.5) is 0 Å². The molecule has 142 heavy (non-hydrogen) atoms. The number of aromatic amines is 2. The molecule has 15 atom stereocenters. The van der Waals surface area contributed by atoms with Crippen LogP contribution >= 0.6 is 12.6 Å². The number of hydrogen-bond donors (Lipinski definition) is 29. The van der Waals surface area contributed by atoms with Crippen molar-refractivity contribution in [1.29, 1.82) is 5.41 Å². The van der Waals surface area contributed by atoms with Crippen molar-refractivity contribution in [3.63, 3.8) is 0 Å². The van der Waals surface area contributed by atoms with Gasteiger partial charge in [-0.3, -0.25) is 101 Å². The lowest BCUT2D eigenvalue weighted by Crippen LogP contribution is -2.61. The molecule has 0 aliphatic carbocycles. The number of para-hydroxylation sites is 1. The molecule has 2 aromatic heterocycles. The molecular weight excluding hydrogens is 1880 g/mol. The zero-order valence-electron chi connectivity index (χ0n) is 80.9. The number of nitrogens with one attached hydrogen (secondary N) is 21. The number of nitrogens with zero attached hydrogens (tertiary/aromatic N) is 2. The van der Waals surface area contributed by atoms with Gasteiger partial charge < -0.3 is 149 Å². The third-order valence-corrected chi connectivity index (χ3v) is 22.8. The van der Waals surface area contributed by atoms with Gasteiger partial charge in [-0.25, -0.2) is 9.78 Å². The Bertz CT molecular complexity index is 5040. The predicted molar refractivity (Wildman–Crippen MR) is 515 cm³/mol. The van der Waals surface area contributed by atoms with E-state index in [1.54, 1.807) is 116 Å². The first kappa shape index (κ1) is 118. The third kappa shape index (κ3) is 40.0. The molecule has 1 aliphatic heterocycles. The number of H-pyrrole nitrogens is 2. The molecule has 0 saturated carbocycles. The van der Waals surface area contributed by atoms with Gasteiger partial charge in [0.05, 0.1) is 58.2 Å². The Morgan fingerprint density at radius 2 is 0.923 bits per heavy atom. The summed E-state index contributed by atoms with van der Waals surface area (Å²) in [6, 6.07) is -6.63. The number of hydrogen-bond acceptors (Lipinski definition) is 27. The highest BCUT2D eigenvalue weighted by atomic mass is 32.1. The van der Waals surface area contributed by atoms with Crippen LogP contribution in [0.2, 0.25) is 0 Å². The van der Waals surface area contributed by atoms with E-state index in [1.165, 1.54) is 31.3 Å². The molecule has 2 aromatic carbocycles. The van der Waals surface area contributed by atoms with E-state index >= 15 is 0 Å². The van der Waals surface area contributed by atoms with E-state index in [0.717, 1.165) is 0 Å². The van der Waals surface area contributed by atoms with Gasteiger partial charge >= 0.3 is 5.97 Å². The number of carboxylic acid groups (broad SMARTS) is 1. The monoisotopic (exact) mass is 2010 g/mol. The Hall–Kier alpha value is -14.4. The molecule has 782 valence electrons. The van der Waals surface area contributed by atoms with E-state index < -0.39 is 284 Å². The van der Waals surface area contributed by atoms with Crippen molar-refractivity contribution in [1.82, 2.24) is 116 Å². The molecule has 32 N–H and O–H groups in total. The number of imidazole rings is 1. The van der Waals surface area contributed by atoms with Gasteiger partial charge in [0, 0.05) is 73.5 Å². The molecular formula is C90H137N27O24S. The molecule has 0 bridgehead atoms. The smallest absolute Gasteiger partial charge is 0.326 e. The maximum Gasteiger partial charge on any atom is 0.326 e. The number of aliphatic hydroxyl groups excluding tert-OH is 2. The van der Waals surface area contributed by atoms with E-state index in [1.807, 2.05) is 0 Å². The van der Waals surface area contributed by atoms with Crippen molar-refractivity contribution < 1.29 is 116 Å². The fourth-order valence-corrected chi connectivity index (χ4v) is 15.1. The molecule has 1 aliphatic rings. The van der Waals surface area contributed by atoms with Crippen molar-refractivity contribution in [2.45, 2.75) is 237 Å². The van der Waals surface area contributed by atoms with Crippen LogP contribution in [0.1, 0.15) is 144 Å². The Balaban J connectivity index is 1.20. The van der Waals surface area contributed by atoms with Gasteiger partial charge in [0.25, 0.3) is 0 Å². The van der Waals surface area contributed by atoms with Crippen molar-refractivity contribution >= 4 is 154 Å². The average Bonchev–Trinajstić information content (AvgIpc) is 1.68. The summed E-state index contributed by atoms with van der Waals surface area (Å²) in [5, 5.41) is 83.1. The Morgan fingerprint density at radius 3 is 1.46 bits per heavy atom. The fraction of sp³-hybridized carbons (Fsp3) is 0.567. The number of aliphatic hydroxyl groups is 2. The van der Waals surface area contributed by atoms with Gasteiger partial charge in [0.1, 0.15) is 84.6 Å². The third-order valence-electron chi connectivity index (χ3n) is 22.4. The van der Waals surface area contributed by atoms with Crippen molar-refractivity contribution in [2.24, 2.45) is 52.5 Å². The molecule has 1 fully saturated rings. The second-order valence-corrected chi connectivity index (χ2v) is 36.4. The summed E-state index contributed by atoms with van der Waals surface area (Å²) in [5.74, 6) is -23.7. The van der Waals surface area contributed by atoms with Crippen LogP contribution in [0.25, 0.3) is 10.9 Å². The van der Waals surface area contributed by atoms with Gasteiger partial charge in [-0.1, -0.05) is 118 Å². The van der Waals surface area contributed by atoms with Gasteiger partial charge in [-0.2, -0.15) is 12.6 Å². The first-order chi connectivity index (χ1) is 67.0. The average molecular weight is 2010 g/mol. The largest absolute Gasteiger partial charge is 0.480 e. The van der Waals surface area contributed by atoms with Crippen LogP contribution in [0.3, 0.4) is 0 Å². The number of likely N-dealkylation sites (tertiary alicyclic amines) is 1. The van der Waals surface area contributed by atoms with Crippen molar-refractivity contribution in [2.75, 3.05) is 58.2 Å². The number of carboxylic acids is 1. The Morgan fingerprint density at radius 1 is 0.465 bits per heavy atom. The fourth-order valence-electron chi connectivity index (χ4n) is 14.8. The van der Waals surface area contributed by atoms with Gasteiger partial charge in [-0.05, 0) is 91.7 Å². The number of nitrogens with two attached hydrogens (primary N) is 4. The number of fused-ring (bicyclic) bond motifs is 1. The Kier molecular flexibility index (Phi) is 49.2. The van der Waals surface area contributed by atoms with Crippen LogP contribution in [-0.4, -0.2) is 314 Å². The number of amides is 20. The number of carbonyl (C=O) groups is 21. The lowest BCUT2D eigenvalue weighted by Gasteiger charge is -2.31. The normalized spacial score (nSPS) is 15.3. The lowest BCUT2D eigenvalue weighted by atomic mass is 10.0.